The number of aromatic nitrogens is 2. The van der Waals surface area contributed by atoms with Crippen LogP contribution < -0.4 is 10.2 Å². The summed E-state index contributed by atoms with van der Waals surface area (Å²) in [6, 6.07) is 14.2. The van der Waals surface area contributed by atoms with Gasteiger partial charge in [-0.1, -0.05) is 29.8 Å². The van der Waals surface area contributed by atoms with E-state index in [-0.39, 0.29) is 5.69 Å². The molecule has 1 N–H and O–H groups in total. The van der Waals surface area contributed by atoms with Crippen LogP contribution in [0.25, 0.3) is 10.1 Å². The van der Waals surface area contributed by atoms with Gasteiger partial charge in [-0.3, -0.25) is 9.78 Å². The molecule has 0 fully saturated rings. The number of fused-ring (bicyclic) bond motifs is 1. The zero-order valence-electron chi connectivity index (χ0n) is 15.3. The lowest BCUT2D eigenvalue weighted by atomic mass is 10.2. The normalized spacial score (nSPS) is 11.0. The number of hydrogen-bond acceptors (Lipinski definition) is 7. The molecule has 0 aliphatic carbocycles. The molecule has 148 valence electrons. The van der Waals surface area contributed by atoms with Crippen molar-refractivity contribution in [3.8, 4) is 5.75 Å². The number of hydrazone groups is 1. The van der Waals surface area contributed by atoms with Gasteiger partial charge in [0, 0.05) is 22.5 Å². The Morgan fingerprint density at radius 3 is 2.63 bits per heavy atom. The fourth-order valence-electron chi connectivity index (χ4n) is 2.56. The van der Waals surface area contributed by atoms with Gasteiger partial charge < -0.3 is 4.74 Å². The Kier molecular flexibility index (Phi) is 5.78. The second-order valence-electron chi connectivity index (χ2n) is 5.99. The van der Waals surface area contributed by atoms with E-state index in [4.69, 9.17) is 16.3 Å². The SMILES string of the molecule is O=C(N/N=C\c1ccc(OC(=O)c2sc3ccccc3c2Cl)cc1)c1cnccn1. The monoisotopic (exact) mass is 436 g/mol. The third kappa shape index (κ3) is 4.35. The topological polar surface area (TPSA) is 93.5 Å². The van der Waals surface area contributed by atoms with Gasteiger partial charge in [-0.2, -0.15) is 5.10 Å². The molecule has 0 aliphatic rings. The predicted molar refractivity (Wildman–Crippen MR) is 115 cm³/mol. The summed E-state index contributed by atoms with van der Waals surface area (Å²) >= 11 is 7.61. The first-order chi connectivity index (χ1) is 14.6. The molecule has 0 saturated carbocycles. The Morgan fingerprint density at radius 2 is 1.90 bits per heavy atom. The van der Waals surface area contributed by atoms with Gasteiger partial charge >= 0.3 is 5.97 Å². The molecule has 1 amide bonds. The fraction of sp³-hybridized carbons (Fsp3) is 0. The maximum absolute atomic E-state index is 12.5. The zero-order chi connectivity index (χ0) is 20.9. The van der Waals surface area contributed by atoms with Gasteiger partial charge in [0.05, 0.1) is 17.4 Å². The summed E-state index contributed by atoms with van der Waals surface area (Å²) in [7, 11) is 0. The minimum Gasteiger partial charge on any atom is -0.422 e. The summed E-state index contributed by atoms with van der Waals surface area (Å²) in [5, 5.41) is 5.09. The molecule has 4 rings (SSSR count). The number of rotatable bonds is 5. The maximum Gasteiger partial charge on any atom is 0.355 e. The number of hydrogen-bond donors (Lipinski definition) is 1. The molecule has 0 atom stereocenters. The Hall–Kier alpha value is -3.62. The number of thiophene rings is 1. The maximum atomic E-state index is 12.5. The summed E-state index contributed by atoms with van der Waals surface area (Å²) in [6.45, 7) is 0. The second kappa shape index (κ2) is 8.81. The molecule has 2 aromatic carbocycles. The molecule has 2 aromatic heterocycles. The van der Waals surface area contributed by atoms with Crippen LogP contribution in [0, 0.1) is 0 Å². The van der Waals surface area contributed by atoms with E-state index in [1.54, 1.807) is 24.3 Å². The fourth-order valence-corrected chi connectivity index (χ4v) is 3.94. The third-order valence-electron chi connectivity index (χ3n) is 3.99. The molecule has 0 aliphatic heterocycles. The zero-order valence-corrected chi connectivity index (χ0v) is 16.9. The van der Waals surface area contributed by atoms with Crippen LogP contribution in [-0.2, 0) is 0 Å². The highest BCUT2D eigenvalue weighted by atomic mass is 35.5. The average Bonchev–Trinajstić information content (AvgIpc) is 3.12. The molecule has 4 aromatic rings. The molecule has 30 heavy (non-hydrogen) atoms. The van der Waals surface area contributed by atoms with Crippen molar-refractivity contribution in [3.63, 3.8) is 0 Å². The average molecular weight is 437 g/mol. The van der Waals surface area contributed by atoms with Crippen molar-refractivity contribution >= 4 is 51.1 Å². The summed E-state index contributed by atoms with van der Waals surface area (Å²) in [4.78, 5) is 32.4. The van der Waals surface area contributed by atoms with E-state index in [0.29, 0.717) is 21.2 Å². The molecule has 9 heteroatoms. The Bertz CT molecular complexity index is 1240. The number of nitrogens with one attached hydrogen (secondary N) is 1. The lowest BCUT2D eigenvalue weighted by molar-refractivity contribution is 0.0739. The van der Waals surface area contributed by atoms with Gasteiger partial charge in [0.25, 0.3) is 5.91 Å². The standard InChI is InChI=1S/C21H13ClN4O3S/c22-18-15-3-1-2-4-17(15)30-19(18)21(28)29-14-7-5-13(6-8-14)11-25-26-20(27)16-12-23-9-10-24-16/h1-12H,(H,26,27)/b25-11-. The molecule has 0 bridgehead atoms. The number of carbonyl (C=O) groups is 2. The van der Waals surface area contributed by atoms with Crippen LogP contribution in [0.4, 0.5) is 0 Å². The minimum atomic E-state index is -0.515. The van der Waals surface area contributed by atoms with Crippen molar-refractivity contribution in [3.05, 3.63) is 88.3 Å². The van der Waals surface area contributed by atoms with Crippen molar-refractivity contribution in [1.29, 1.82) is 0 Å². The second-order valence-corrected chi connectivity index (χ2v) is 7.42. The summed E-state index contributed by atoms with van der Waals surface area (Å²) in [5.74, 6) is -0.613. The van der Waals surface area contributed by atoms with Crippen LogP contribution in [0.1, 0.15) is 25.7 Å². The Balaban J connectivity index is 1.39. The number of halogens is 1. The first-order valence-electron chi connectivity index (χ1n) is 8.70. The molecule has 7 nitrogen and oxygen atoms in total. The van der Waals surface area contributed by atoms with E-state index in [9.17, 15) is 9.59 Å². The van der Waals surface area contributed by atoms with Crippen LogP contribution >= 0.6 is 22.9 Å². The van der Waals surface area contributed by atoms with Crippen molar-refractivity contribution in [2.24, 2.45) is 5.10 Å². The first kappa shape index (κ1) is 19.7. The smallest absolute Gasteiger partial charge is 0.355 e. The largest absolute Gasteiger partial charge is 0.422 e. The lowest BCUT2D eigenvalue weighted by Gasteiger charge is -2.03. The van der Waals surface area contributed by atoms with Crippen molar-refractivity contribution < 1.29 is 14.3 Å². The molecule has 0 saturated heterocycles. The summed E-state index contributed by atoms with van der Waals surface area (Å²) in [6.07, 6.45) is 5.70. The van der Waals surface area contributed by atoms with Crippen molar-refractivity contribution in [1.82, 2.24) is 15.4 Å². The van der Waals surface area contributed by atoms with Crippen molar-refractivity contribution in [2.75, 3.05) is 0 Å². The molecule has 2 heterocycles. The number of amides is 1. The van der Waals surface area contributed by atoms with E-state index in [1.165, 1.54) is 36.1 Å². The Labute approximate surface area is 180 Å². The summed E-state index contributed by atoms with van der Waals surface area (Å²) in [5.41, 5.74) is 3.23. The van der Waals surface area contributed by atoms with E-state index in [2.05, 4.69) is 20.5 Å². The van der Waals surface area contributed by atoms with Crippen LogP contribution in [0.3, 0.4) is 0 Å². The predicted octanol–water partition coefficient (Wildman–Crippen LogP) is 4.33. The van der Waals surface area contributed by atoms with E-state index in [0.717, 1.165) is 10.1 Å². The number of benzene rings is 2. The van der Waals surface area contributed by atoms with Gasteiger partial charge in [-0.25, -0.2) is 15.2 Å². The van der Waals surface area contributed by atoms with Gasteiger partial charge in [0.15, 0.2) is 0 Å². The van der Waals surface area contributed by atoms with Gasteiger partial charge in [0.2, 0.25) is 0 Å². The lowest BCUT2D eigenvalue weighted by Crippen LogP contribution is -2.19. The summed E-state index contributed by atoms with van der Waals surface area (Å²) < 4.78 is 6.34. The van der Waals surface area contributed by atoms with E-state index < -0.39 is 11.9 Å². The number of esters is 1. The van der Waals surface area contributed by atoms with Crippen LogP contribution in [0.2, 0.25) is 5.02 Å². The number of carbonyl (C=O) groups excluding carboxylic acids is 2. The van der Waals surface area contributed by atoms with E-state index in [1.807, 2.05) is 24.3 Å². The highest BCUT2D eigenvalue weighted by molar-refractivity contribution is 7.21. The highest BCUT2D eigenvalue weighted by Gasteiger charge is 2.18. The van der Waals surface area contributed by atoms with Crippen LogP contribution in [-0.4, -0.2) is 28.1 Å². The molecular weight excluding hydrogens is 424 g/mol. The molecule has 0 unspecified atom stereocenters. The van der Waals surface area contributed by atoms with Crippen LogP contribution in [0.5, 0.6) is 5.75 Å². The van der Waals surface area contributed by atoms with Crippen LogP contribution in [0.15, 0.2) is 72.2 Å². The van der Waals surface area contributed by atoms with Crippen molar-refractivity contribution in [2.45, 2.75) is 0 Å². The third-order valence-corrected chi connectivity index (χ3v) is 5.64. The van der Waals surface area contributed by atoms with Gasteiger partial charge in [-0.05, 0) is 35.9 Å². The minimum absolute atomic E-state index is 0.164. The molecule has 0 radical (unpaired) electrons. The number of ether oxygens (including phenoxy) is 1. The first-order valence-corrected chi connectivity index (χ1v) is 9.90. The molecule has 0 spiro atoms. The van der Waals surface area contributed by atoms with E-state index >= 15 is 0 Å². The Morgan fingerprint density at radius 1 is 1.10 bits per heavy atom. The number of nitrogens with zero attached hydrogens (tertiary/aromatic N) is 3. The van der Waals surface area contributed by atoms with Gasteiger partial charge in [-0.15, -0.1) is 11.3 Å². The quantitative estimate of drug-likeness (QED) is 0.217. The highest BCUT2D eigenvalue weighted by Crippen LogP contribution is 2.35. The van der Waals surface area contributed by atoms with Gasteiger partial charge in [0.1, 0.15) is 16.3 Å². The molecular formula is C21H13ClN4O3S.